The second kappa shape index (κ2) is 7.78. The average Bonchev–Trinajstić information content (AvgIpc) is 2.88. The molecular weight excluding hydrogens is 296 g/mol. The molecule has 0 aromatic carbocycles. The Morgan fingerprint density at radius 2 is 2.15 bits per heavy atom. The van der Waals surface area contributed by atoms with Crippen molar-refractivity contribution in [2.75, 3.05) is 40.3 Å². The molecule has 0 aliphatic heterocycles. The number of likely N-dealkylation sites (N-methyl/N-ethyl adjacent to an activating group) is 2. The third kappa shape index (κ3) is 4.05. The fourth-order valence-electron chi connectivity index (χ4n) is 1.78. The first-order valence-corrected chi connectivity index (χ1v) is 8.70. The maximum atomic E-state index is 12.6. The second-order valence-corrected chi connectivity index (χ2v) is 7.37. The van der Waals surface area contributed by atoms with Crippen LogP contribution in [0.1, 0.15) is 6.92 Å². The van der Waals surface area contributed by atoms with Crippen LogP contribution in [0, 0.1) is 0 Å². The topological polar surface area (TPSA) is 49.9 Å². The van der Waals surface area contributed by atoms with Crippen LogP contribution in [-0.4, -0.2) is 58.0 Å². The van der Waals surface area contributed by atoms with Crippen LogP contribution < -0.4 is 4.74 Å². The van der Waals surface area contributed by atoms with E-state index in [-0.39, 0.29) is 4.21 Å². The van der Waals surface area contributed by atoms with Gasteiger partial charge in [-0.05, 0) is 18.5 Å². The smallest absolute Gasteiger partial charge is 0.256 e. The summed E-state index contributed by atoms with van der Waals surface area (Å²) in [4.78, 5) is 2.02. The Hall–Kier alpha value is -0.890. The molecule has 0 bridgehead atoms. The Morgan fingerprint density at radius 3 is 2.70 bits per heavy atom. The molecule has 0 N–H and O–H groups in total. The molecule has 0 fully saturated rings. The molecule has 0 aliphatic rings. The maximum Gasteiger partial charge on any atom is 0.256 e. The molecule has 0 unspecified atom stereocenters. The summed E-state index contributed by atoms with van der Waals surface area (Å²) in [5.74, 6) is 0.410. The molecule has 0 saturated carbocycles. The summed E-state index contributed by atoms with van der Waals surface area (Å²) in [5.41, 5.74) is 0. The summed E-state index contributed by atoms with van der Waals surface area (Å²) in [7, 11) is -0.0671. The van der Waals surface area contributed by atoms with Gasteiger partial charge >= 0.3 is 0 Å². The van der Waals surface area contributed by atoms with Gasteiger partial charge in [0.05, 0.1) is 7.11 Å². The zero-order valence-corrected chi connectivity index (χ0v) is 13.8. The number of hydrogen-bond donors (Lipinski definition) is 0. The van der Waals surface area contributed by atoms with E-state index in [4.69, 9.17) is 4.74 Å². The minimum Gasteiger partial charge on any atom is -0.494 e. The highest BCUT2D eigenvalue weighted by Gasteiger charge is 2.27. The van der Waals surface area contributed by atoms with Gasteiger partial charge in [0.25, 0.3) is 10.0 Å². The van der Waals surface area contributed by atoms with Gasteiger partial charge in [0, 0.05) is 26.2 Å². The summed E-state index contributed by atoms with van der Waals surface area (Å²) in [6.07, 6.45) is 1.80. The van der Waals surface area contributed by atoms with E-state index in [1.165, 1.54) is 22.8 Å². The van der Waals surface area contributed by atoms with E-state index in [0.29, 0.717) is 25.4 Å². The third-order valence-electron chi connectivity index (χ3n) is 2.91. The molecule has 20 heavy (non-hydrogen) atoms. The molecule has 0 aliphatic carbocycles. The van der Waals surface area contributed by atoms with Crippen molar-refractivity contribution in [2.45, 2.75) is 11.1 Å². The molecule has 1 heterocycles. The molecule has 1 aromatic rings. The molecule has 114 valence electrons. The van der Waals surface area contributed by atoms with Crippen molar-refractivity contribution in [2.24, 2.45) is 0 Å². The molecule has 0 amide bonds. The van der Waals surface area contributed by atoms with Crippen LogP contribution in [0.3, 0.4) is 0 Å². The number of hydrogen-bond acceptors (Lipinski definition) is 5. The summed E-state index contributed by atoms with van der Waals surface area (Å²) in [6.45, 7) is 7.79. The highest BCUT2D eigenvalue weighted by Crippen LogP contribution is 2.31. The van der Waals surface area contributed by atoms with Gasteiger partial charge in [-0.3, -0.25) is 0 Å². The summed E-state index contributed by atoms with van der Waals surface area (Å²) in [6, 6.07) is 1.68. The third-order valence-corrected chi connectivity index (χ3v) is 6.31. The SMILES string of the molecule is C=CCN(C)CCN(CC)S(=O)(=O)c1sccc1OC. The summed E-state index contributed by atoms with van der Waals surface area (Å²) in [5, 5.41) is 1.73. The van der Waals surface area contributed by atoms with Crippen LogP contribution in [0.25, 0.3) is 0 Å². The molecule has 1 rings (SSSR count). The first-order chi connectivity index (χ1) is 9.47. The second-order valence-electron chi connectivity index (χ2n) is 4.32. The Labute approximate surface area is 125 Å². The molecular formula is C13H22N2O3S2. The molecule has 0 spiro atoms. The lowest BCUT2D eigenvalue weighted by Crippen LogP contribution is -2.37. The van der Waals surface area contributed by atoms with Crippen molar-refractivity contribution in [3.8, 4) is 5.75 Å². The van der Waals surface area contributed by atoms with Gasteiger partial charge in [0.1, 0.15) is 5.75 Å². The molecule has 0 radical (unpaired) electrons. The monoisotopic (exact) mass is 318 g/mol. The lowest BCUT2D eigenvalue weighted by atomic mass is 10.5. The average molecular weight is 318 g/mol. The number of thiophene rings is 1. The maximum absolute atomic E-state index is 12.6. The number of methoxy groups -OCH3 is 1. The van der Waals surface area contributed by atoms with Gasteiger partial charge in [-0.25, -0.2) is 8.42 Å². The molecule has 5 nitrogen and oxygen atoms in total. The van der Waals surface area contributed by atoms with Crippen molar-refractivity contribution >= 4 is 21.4 Å². The van der Waals surface area contributed by atoms with Gasteiger partial charge in [0.2, 0.25) is 0 Å². The zero-order chi connectivity index (χ0) is 15.2. The molecule has 7 heteroatoms. The zero-order valence-electron chi connectivity index (χ0n) is 12.2. The van der Waals surface area contributed by atoms with Crippen LogP contribution in [0.4, 0.5) is 0 Å². The van der Waals surface area contributed by atoms with E-state index in [1.54, 1.807) is 17.5 Å². The number of nitrogens with zero attached hydrogens (tertiary/aromatic N) is 2. The van der Waals surface area contributed by atoms with Crippen LogP contribution >= 0.6 is 11.3 Å². The van der Waals surface area contributed by atoms with Gasteiger partial charge < -0.3 is 9.64 Å². The number of sulfonamides is 1. The Morgan fingerprint density at radius 1 is 1.45 bits per heavy atom. The Balaban J connectivity index is 2.85. The van der Waals surface area contributed by atoms with E-state index in [9.17, 15) is 8.42 Å². The standard InChI is InChI=1S/C13H22N2O3S2/c1-5-8-14(3)9-10-15(6-2)20(16,17)13-12(18-4)7-11-19-13/h5,7,11H,1,6,8-10H2,2-4H3. The quantitative estimate of drug-likeness (QED) is 0.652. The van der Waals surface area contributed by atoms with E-state index in [0.717, 1.165) is 6.54 Å². The molecule has 1 aromatic heterocycles. The Kier molecular flexibility index (Phi) is 6.67. The van der Waals surface area contributed by atoms with Gasteiger partial charge in [-0.2, -0.15) is 4.31 Å². The molecule has 0 saturated heterocycles. The largest absolute Gasteiger partial charge is 0.494 e. The number of rotatable bonds is 9. The highest BCUT2D eigenvalue weighted by atomic mass is 32.2. The van der Waals surface area contributed by atoms with Gasteiger partial charge in [0.15, 0.2) is 4.21 Å². The van der Waals surface area contributed by atoms with Crippen molar-refractivity contribution in [3.05, 3.63) is 24.1 Å². The van der Waals surface area contributed by atoms with Crippen molar-refractivity contribution < 1.29 is 13.2 Å². The highest BCUT2D eigenvalue weighted by molar-refractivity contribution is 7.91. The van der Waals surface area contributed by atoms with E-state index in [1.807, 2.05) is 18.9 Å². The van der Waals surface area contributed by atoms with Crippen LogP contribution in [0.2, 0.25) is 0 Å². The predicted octanol–water partition coefficient (Wildman–Crippen LogP) is 1.89. The Bertz CT molecular complexity index is 525. The van der Waals surface area contributed by atoms with E-state index in [2.05, 4.69) is 6.58 Å². The first kappa shape index (κ1) is 17.2. The van der Waals surface area contributed by atoms with Crippen molar-refractivity contribution in [1.29, 1.82) is 0 Å². The minimum absolute atomic E-state index is 0.272. The fraction of sp³-hybridized carbons (Fsp3) is 0.538. The lowest BCUT2D eigenvalue weighted by Gasteiger charge is -2.23. The van der Waals surface area contributed by atoms with E-state index < -0.39 is 10.0 Å². The van der Waals surface area contributed by atoms with Gasteiger partial charge in [-0.15, -0.1) is 17.9 Å². The van der Waals surface area contributed by atoms with Crippen LogP contribution in [0.15, 0.2) is 28.3 Å². The van der Waals surface area contributed by atoms with Crippen LogP contribution in [0.5, 0.6) is 5.75 Å². The minimum atomic E-state index is -3.49. The predicted molar refractivity (Wildman–Crippen MR) is 83.0 cm³/mol. The van der Waals surface area contributed by atoms with Crippen molar-refractivity contribution in [1.82, 2.24) is 9.21 Å². The van der Waals surface area contributed by atoms with Crippen molar-refractivity contribution in [3.63, 3.8) is 0 Å². The normalized spacial score (nSPS) is 12.1. The van der Waals surface area contributed by atoms with E-state index >= 15 is 0 Å². The van der Waals surface area contributed by atoms with Crippen LogP contribution in [-0.2, 0) is 10.0 Å². The fourth-order valence-corrected chi connectivity index (χ4v) is 4.64. The first-order valence-electron chi connectivity index (χ1n) is 6.38. The van der Waals surface area contributed by atoms with Gasteiger partial charge in [-0.1, -0.05) is 13.0 Å². The summed E-state index contributed by atoms with van der Waals surface area (Å²) < 4.78 is 32.0. The lowest BCUT2D eigenvalue weighted by molar-refractivity contribution is 0.318. The molecule has 0 atom stereocenters. The summed E-state index contributed by atoms with van der Waals surface area (Å²) >= 11 is 1.18. The number of ether oxygens (including phenoxy) is 1.